The zero-order valence-electron chi connectivity index (χ0n) is 15.0. The second kappa shape index (κ2) is 8.60. The van der Waals surface area contributed by atoms with Crippen LogP contribution in [0.4, 0.5) is 0 Å². The van der Waals surface area contributed by atoms with Crippen molar-refractivity contribution in [2.45, 2.75) is 6.29 Å². The highest BCUT2D eigenvalue weighted by Gasteiger charge is 2.29. The van der Waals surface area contributed by atoms with Crippen LogP contribution in [0.2, 0.25) is 0 Å². The Bertz CT molecular complexity index is 915. The molecule has 152 valence electrons. The molecule has 2 N–H and O–H groups in total. The topological polar surface area (TPSA) is 113 Å². The van der Waals surface area contributed by atoms with E-state index in [2.05, 4.69) is 15.9 Å². The Labute approximate surface area is 174 Å². The fourth-order valence-corrected chi connectivity index (χ4v) is 3.57. The Balaban J connectivity index is 0.000000142. The molecule has 29 heavy (non-hydrogen) atoms. The van der Waals surface area contributed by atoms with Crippen LogP contribution in [0.5, 0.6) is 23.0 Å². The minimum absolute atomic E-state index is 0.0428. The maximum Gasteiger partial charge on any atom is 0.489 e. The summed E-state index contributed by atoms with van der Waals surface area (Å²) in [6.07, 6.45) is 0.165. The lowest BCUT2D eigenvalue weighted by atomic mass is 9.77. The Morgan fingerprint density at radius 1 is 0.931 bits per heavy atom. The first-order chi connectivity index (χ1) is 14.1. The molecule has 2 aromatic carbocycles. The summed E-state index contributed by atoms with van der Waals surface area (Å²) in [4.78, 5) is 10.7. The van der Waals surface area contributed by atoms with Crippen LogP contribution in [0.1, 0.15) is 22.2 Å². The molecule has 0 unspecified atom stereocenters. The lowest BCUT2D eigenvalue weighted by Gasteiger charge is -2.13. The van der Waals surface area contributed by atoms with Gasteiger partial charge in [-0.1, -0.05) is 22.0 Å². The van der Waals surface area contributed by atoms with Gasteiger partial charge in [-0.05, 0) is 23.7 Å². The number of benzene rings is 2. The van der Waals surface area contributed by atoms with Crippen LogP contribution in [-0.4, -0.2) is 50.3 Å². The molecule has 0 aromatic heterocycles. The van der Waals surface area contributed by atoms with Crippen LogP contribution in [0.15, 0.2) is 28.7 Å². The van der Waals surface area contributed by atoms with Crippen molar-refractivity contribution < 1.29 is 43.3 Å². The van der Waals surface area contributed by atoms with Crippen molar-refractivity contribution in [3.05, 3.63) is 39.9 Å². The standard InChI is InChI=1S/C10H9BrO4.C8H7BO5/c11-6-1-2-7-9(15-5-14-7)8(6)10-12-3-4-13-10;10-3-5-6(9(11)12)1-2-7-8(5)14-4-13-7/h1-2,10H,3-5H2;1-3,11-12H,4H2. The van der Waals surface area contributed by atoms with Crippen LogP contribution in [-0.2, 0) is 9.47 Å². The smallest absolute Gasteiger partial charge is 0.454 e. The van der Waals surface area contributed by atoms with Crippen molar-refractivity contribution >= 4 is 34.8 Å². The summed E-state index contributed by atoms with van der Waals surface area (Å²) < 4.78 is 32.6. The maximum absolute atomic E-state index is 10.7. The third-order valence-electron chi connectivity index (χ3n) is 4.39. The van der Waals surface area contributed by atoms with Crippen LogP contribution < -0.4 is 24.4 Å². The molecule has 9 nitrogen and oxygen atoms in total. The molecule has 1 saturated heterocycles. The average Bonchev–Trinajstić information content (AvgIpc) is 3.47. The molecule has 0 amide bonds. The summed E-state index contributed by atoms with van der Waals surface area (Å²) in [5.74, 6) is 2.17. The van der Waals surface area contributed by atoms with E-state index in [0.717, 1.165) is 21.5 Å². The van der Waals surface area contributed by atoms with Crippen LogP contribution >= 0.6 is 15.9 Å². The predicted octanol–water partition coefficient (Wildman–Crippen LogP) is 1.13. The number of rotatable bonds is 3. The van der Waals surface area contributed by atoms with Crippen molar-refractivity contribution in [1.29, 1.82) is 0 Å². The quantitative estimate of drug-likeness (QED) is 0.507. The van der Waals surface area contributed by atoms with Crippen LogP contribution in [0.3, 0.4) is 0 Å². The number of aldehydes is 1. The zero-order valence-corrected chi connectivity index (χ0v) is 16.6. The van der Waals surface area contributed by atoms with Crippen molar-refractivity contribution in [3.63, 3.8) is 0 Å². The van der Waals surface area contributed by atoms with Gasteiger partial charge in [-0.25, -0.2) is 0 Å². The summed E-state index contributed by atoms with van der Waals surface area (Å²) in [7, 11) is -1.69. The zero-order chi connectivity index (χ0) is 20.4. The first-order valence-corrected chi connectivity index (χ1v) is 9.44. The van der Waals surface area contributed by atoms with Gasteiger partial charge in [0.1, 0.15) is 0 Å². The van der Waals surface area contributed by atoms with E-state index in [4.69, 9.17) is 38.5 Å². The fourth-order valence-electron chi connectivity index (χ4n) is 3.07. The van der Waals surface area contributed by atoms with E-state index in [1.807, 2.05) is 12.1 Å². The highest BCUT2D eigenvalue weighted by Crippen LogP contribution is 2.44. The van der Waals surface area contributed by atoms with Gasteiger partial charge in [0, 0.05) is 4.47 Å². The Kier molecular flexibility index (Phi) is 5.92. The summed E-state index contributed by atoms with van der Waals surface area (Å²) >= 11 is 3.46. The van der Waals surface area contributed by atoms with Crippen molar-refractivity contribution in [2.24, 2.45) is 0 Å². The van der Waals surface area contributed by atoms with Gasteiger partial charge >= 0.3 is 7.12 Å². The van der Waals surface area contributed by atoms with Gasteiger partial charge in [0.05, 0.1) is 24.3 Å². The minimum Gasteiger partial charge on any atom is -0.454 e. The minimum atomic E-state index is -1.69. The van der Waals surface area contributed by atoms with E-state index in [9.17, 15) is 4.79 Å². The van der Waals surface area contributed by atoms with Gasteiger partial charge in [0.25, 0.3) is 0 Å². The summed E-state index contributed by atoms with van der Waals surface area (Å²) in [5, 5.41) is 17.9. The van der Waals surface area contributed by atoms with Crippen molar-refractivity contribution in [2.75, 3.05) is 26.8 Å². The number of carbonyl (C=O) groups excluding carboxylic acids is 1. The lowest BCUT2D eigenvalue weighted by Crippen LogP contribution is -2.33. The van der Waals surface area contributed by atoms with E-state index in [-0.39, 0.29) is 36.7 Å². The molecule has 0 bridgehead atoms. The number of hydrogen-bond acceptors (Lipinski definition) is 9. The first-order valence-electron chi connectivity index (χ1n) is 8.65. The number of fused-ring (bicyclic) bond motifs is 2. The third-order valence-corrected chi connectivity index (χ3v) is 5.08. The van der Waals surface area contributed by atoms with E-state index < -0.39 is 7.12 Å². The molecular formula is C18H16BBrO9. The van der Waals surface area contributed by atoms with Crippen molar-refractivity contribution in [1.82, 2.24) is 0 Å². The van der Waals surface area contributed by atoms with E-state index in [1.54, 1.807) is 0 Å². The normalized spacial score (nSPS) is 16.4. The predicted molar refractivity (Wildman–Crippen MR) is 103 cm³/mol. The van der Waals surface area contributed by atoms with Crippen molar-refractivity contribution in [3.8, 4) is 23.0 Å². The average molecular weight is 467 g/mol. The monoisotopic (exact) mass is 466 g/mol. The third kappa shape index (κ3) is 3.92. The molecule has 0 aliphatic carbocycles. The Morgan fingerprint density at radius 3 is 2.21 bits per heavy atom. The molecule has 0 saturated carbocycles. The Hall–Kier alpha value is -2.31. The molecule has 3 heterocycles. The molecule has 5 rings (SSSR count). The van der Waals surface area contributed by atoms with Gasteiger partial charge in [-0.15, -0.1) is 0 Å². The molecule has 0 spiro atoms. The number of halogens is 1. The number of carbonyl (C=O) groups is 1. The summed E-state index contributed by atoms with van der Waals surface area (Å²) in [6.45, 7) is 1.52. The second-order valence-electron chi connectivity index (χ2n) is 6.06. The van der Waals surface area contributed by atoms with Gasteiger partial charge in [0.2, 0.25) is 13.6 Å². The molecule has 0 radical (unpaired) electrons. The number of ether oxygens (including phenoxy) is 6. The molecular weight excluding hydrogens is 451 g/mol. The highest BCUT2D eigenvalue weighted by atomic mass is 79.9. The maximum atomic E-state index is 10.7. The lowest BCUT2D eigenvalue weighted by molar-refractivity contribution is -0.0461. The van der Waals surface area contributed by atoms with Gasteiger partial charge in [0.15, 0.2) is 35.6 Å². The van der Waals surface area contributed by atoms with E-state index in [1.165, 1.54) is 12.1 Å². The number of hydrogen-bond donors (Lipinski definition) is 2. The van der Waals surface area contributed by atoms with Crippen LogP contribution in [0, 0.1) is 0 Å². The fraction of sp³-hybridized carbons (Fsp3) is 0.278. The molecule has 0 atom stereocenters. The van der Waals surface area contributed by atoms with Gasteiger partial charge in [-0.3, -0.25) is 4.79 Å². The van der Waals surface area contributed by atoms with E-state index >= 15 is 0 Å². The largest absolute Gasteiger partial charge is 0.489 e. The SMILES string of the molecule is Brc1ccc2c(c1C1OCCO1)OCO2.O=Cc1c(B(O)O)ccc2c1OCO2. The first kappa shape index (κ1) is 20.0. The molecule has 3 aliphatic rings. The second-order valence-corrected chi connectivity index (χ2v) is 6.92. The summed E-state index contributed by atoms with van der Waals surface area (Å²) in [5.41, 5.74) is 1.11. The molecule has 1 fully saturated rings. The van der Waals surface area contributed by atoms with Gasteiger partial charge < -0.3 is 38.5 Å². The summed E-state index contributed by atoms with van der Waals surface area (Å²) in [6, 6.07) is 6.73. The molecule has 3 aliphatic heterocycles. The Morgan fingerprint density at radius 2 is 1.55 bits per heavy atom. The van der Waals surface area contributed by atoms with E-state index in [0.29, 0.717) is 25.2 Å². The van der Waals surface area contributed by atoms with Crippen LogP contribution in [0.25, 0.3) is 0 Å². The molecule has 2 aromatic rings. The van der Waals surface area contributed by atoms with Gasteiger partial charge in [-0.2, -0.15) is 0 Å². The molecule has 11 heteroatoms. The highest BCUT2D eigenvalue weighted by molar-refractivity contribution is 9.10.